The first-order valence-electron chi connectivity index (χ1n) is 6.17. The summed E-state index contributed by atoms with van der Waals surface area (Å²) in [6, 6.07) is 2.70. The molecule has 0 aliphatic carbocycles. The number of carbonyl (C=O) groups is 2. The van der Waals surface area contributed by atoms with E-state index in [1.807, 2.05) is 6.92 Å². The van der Waals surface area contributed by atoms with E-state index in [2.05, 4.69) is 26.6 Å². The van der Waals surface area contributed by atoms with Gasteiger partial charge in [0.25, 0.3) is 0 Å². The van der Waals surface area contributed by atoms with Gasteiger partial charge in [-0.25, -0.2) is 9.18 Å². The Kier molecular flexibility index (Phi) is 5.94. The number of hydrogen-bond donors (Lipinski definition) is 3. The minimum Gasteiger partial charge on any atom is -0.352 e. The highest BCUT2D eigenvalue weighted by atomic mass is 79.9. The van der Waals surface area contributed by atoms with Crippen LogP contribution in [0.15, 0.2) is 22.7 Å². The van der Waals surface area contributed by atoms with Gasteiger partial charge >= 0.3 is 6.03 Å². The number of nitrogens with two attached hydrogens (primary N) is 1. The van der Waals surface area contributed by atoms with Crippen LogP contribution in [-0.4, -0.2) is 18.0 Å². The Morgan fingerprint density at radius 3 is 2.60 bits per heavy atom. The summed E-state index contributed by atoms with van der Waals surface area (Å²) in [5, 5.41) is 4.83. The van der Waals surface area contributed by atoms with Gasteiger partial charge in [-0.1, -0.05) is 36.2 Å². The molecule has 0 radical (unpaired) electrons. The van der Waals surface area contributed by atoms with Crippen molar-refractivity contribution in [3.63, 3.8) is 0 Å². The molecule has 20 heavy (non-hydrogen) atoms. The Morgan fingerprint density at radius 2 is 2.10 bits per heavy atom. The number of halogens is 2. The molecule has 110 valence electrons. The number of primary amides is 1. The summed E-state index contributed by atoms with van der Waals surface area (Å²) in [7, 11) is 0. The van der Waals surface area contributed by atoms with Gasteiger partial charge in [0.15, 0.2) is 0 Å². The lowest BCUT2D eigenvalue weighted by Crippen LogP contribution is -2.49. The SMILES string of the molecule is CC[C@H](C)[C@H](NC(N)=O)C(=O)Nc1ccc(Br)cc1F. The van der Waals surface area contributed by atoms with Crippen molar-refractivity contribution < 1.29 is 14.0 Å². The number of anilines is 1. The number of urea groups is 1. The minimum absolute atomic E-state index is 0.0535. The number of nitrogens with one attached hydrogen (secondary N) is 2. The van der Waals surface area contributed by atoms with Crippen molar-refractivity contribution in [1.82, 2.24) is 5.32 Å². The largest absolute Gasteiger partial charge is 0.352 e. The molecule has 2 atom stereocenters. The zero-order valence-electron chi connectivity index (χ0n) is 11.2. The summed E-state index contributed by atoms with van der Waals surface area (Å²) in [5.41, 5.74) is 5.11. The number of amides is 3. The summed E-state index contributed by atoms with van der Waals surface area (Å²) in [5.74, 6) is -1.19. The molecule has 0 fully saturated rings. The molecule has 1 aromatic rings. The Labute approximate surface area is 125 Å². The number of rotatable bonds is 5. The lowest BCUT2D eigenvalue weighted by Gasteiger charge is -2.22. The van der Waals surface area contributed by atoms with E-state index in [0.717, 1.165) is 0 Å². The second kappa shape index (κ2) is 7.23. The van der Waals surface area contributed by atoms with Gasteiger partial charge in [0, 0.05) is 4.47 Å². The molecule has 3 amide bonds. The van der Waals surface area contributed by atoms with E-state index in [0.29, 0.717) is 10.9 Å². The highest BCUT2D eigenvalue weighted by Crippen LogP contribution is 2.20. The van der Waals surface area contributed by atoms with E-state index in [9.17, 15) is 14.0 Å². The highest BCUT2D eigenvalue weighted by molar-refractivity contribution is 9.10. The molecule has 0 aromatic heterocycles. The third-order valence-corrected chi connectivity index (χ3v) is 3.48. The van der Waals surface area contributed by atoms with E-state index >= 15 is 0 Å². The maximum Gasteiger partial charge on any atom is 0.312 e. The van der Waals surface area contributed by atoms with Gasteiger partial charge in [0.1, 0.15) is 11.9 Å². The molecule has 0 bridgehead atoms. The van der Waals surface area contributed by atoms with Crippen molar-refractivity contribution in [2.45, 2.75) is 26.3 Å². The molecular formula is C13H17BrFN3O2. The summed E-state index contributed by atoms with van der Waals surface area (Å²) >= 11 is 3.13. The van der Waals surface area contributed by atoms with Gasteiger partial charge in [-0.05, 0) is 24.1 Å². The molecule has 0 saturated heterocycles. The lowest BCUT2D eigenvalue weighted by molar-refractivity contribution is -0.119. The molecule has 1 rings (SSSR count). The maximum atomic E-state index is 13.7. The van der Waals surface area contributed by atoms with Gasteiger partial charge < -0.3 is 16.4 Å². The summed E-state index contributed by atoms with van der Waals surface area (Å²) in [6.45, 7) is 3.69. The summed E-state index contributed by atoms with van der Waals surface area (Å²) in [4.78, 5) is 23.1. The van der Waals surface area contributed by atoms with E-state index < -0.39 is 23.8 Å². The van der Waals surface area contributed by atoms with Crippen LogP contribution in [0.1, 0.15) is 20.3 Å². The van der Waals surface area contributed by atoms with E-state index in [-0.39, 0.29) is 11.6 Å². The fourth-order valence-electron chi connectivity index (χ4n) is 1.66. The highest BCUT2D eigenvalue weighted by Gasteiger charge is 2.25. The van der Waals surface area contributed by atoms with Crippen LogP contribution in [0.5, 0.6) is 0 Å². The van der Waals surface area contributed by atoms with E-state index in [4.69, 9.17) is 5.73 Å². The molecule has 7 heteroatoms. The zero-order valence-corrected chi connectivity index (χ0v) is 12.8. The number of benzene rings is 1. The van der Waals surface area contributed by atoms with Crippen molar-refractivity contribution in [1.29, 1.82) is 0 Å². The van der Waals surface area contributed by atoms with Crippen LogP contribution in [0, 0.1) is 11.7 Å². The molecule has 0 heterocycles. The van der Waals surface area contributed by atoms with Crippen molar-refractivity contribution >= 4 is 33.6 Å². The Morgan fingerprint density at radius 1 is 1.45 bits per heavy atom. The number of hydrogen-bond acceptors (Lipinski definition) is 2. The molecule has 1 aromatic carbocycles. The summed E-state index contributed by atoms with van der Waals surface area (Å²) < 4.78 is 14.2. The second-order valence-corrected chi connectivity index (χ2v) is 5.40. The van der Waals surface area contributed by atoms with E-state index in [1.54, 1.807) is 13.0 Å². The van der Waals surface area contributed by atoms with Crippen LogP contribution in [-0.2, 0) is 4.79 Å². The predicted molar refractivity (Wildman–Crippen MR) is 78.7 cm³/mol. The Hall–Kier alpha value is -1.63. The molecule has 0 aliphatic rings. The smallest absolute Gasteiger partial charge is 0.312 e. The van der Waals surface area contributed by atoms with Crippen LogP contribution < -0.4 is 16.4 Å². The summed E-state index contributed by atoms with van der Waals surface area (Å²) in [6.07, 6.45) is 0.668. The van der Waals surface area contributed by atoms with Crippen LogP contribution >= 0.6 is 15.9 Å². The van der Waals surface area contributed by atoms with Crippen molar-refractivity contribution in [3.8, 4) is 0 Å². The molecule has 0 spiro atoms. The fraction of sp³-hybridized carbons (Fsp3) is 0.385. The average molecular weight is 346 g/mol. The van der Waals surface area contributed by atoms with Crippen molar-refractivity contribution in [2.24, 2.45) is 11.7 Å². The Bertz CT molecular complexity index is 510. The first-order chi connectivity index (χ1) is 9.35. The topological polar surface area (TPSA) is 84.2 Å². The van der Waals surface area contributed by atoms with Crippen molar-refractivity contribution in [2.75, 3.05) is 5.32 Å². The van der Waals surface area contributed by atoms with Gasteiger partial charge in [-0.15, -0.1) is 0 Å². The zero-order chi connectivity index (χ0) is 15.3. The molecule has 0 saturated carbocycles. The maximum absolute atomic E-state index is 13.7. The van der Waals surface area contributed by atoms with Crippen LogP contribution in [0.25, 0.3) is 0 Å². The van der Waals surface area contributed by atoms with Gasteiger partial charge in [-0.2, -0.15) is 0 Å². The number of carbonyl (C=O) groups excluding carboxylic acids is 2. The average Bonchev–Trinajstić information content (AvgIpc) is 2.38. The van der Waals surface area contributed by atoms with Gasteiger partial charge in [0.2, 0.25) is 5.91 Å². The predicted octanol–water partition coefficient (Wildman–Crippen LogP) is 2.61. The second-order valence-electron chi connectivity index (χ2n) is 4.49. The molecular weight excluding hydrogens is 329 g/mol. The standard InChI is InChI=1S/C13H17BrFN3O2/c1-3-7(2)11(18-13(16)20)12(19)17-10-5-4-8(14)6-9(10)15/h4-7,11H,3H2,1-2H3,(H,17,19)(H3,16,18,20)/t7-,11-/m0/s1. The Balaban J connectivity index is 2.87. The quantitative estimate of drug-likeness (QED) is 0.766. The van der Waals surface area contributed by atoms with E-state index in [1.165, 1.54) is 12.1 Å². The molecule has 4 N–H and O–H groups in total. The van der Waals surface area contributed by atoms with Crippen LogP contribution in [0.4, 0.5) is 14.9 Å². The first kappa shape index (κ1) is 16.4. The third kappa shape index (κ3) is 4.48. The van der Waals surface area contributed by atoms with Gasteiger partial charge in [0.05, 0.1) is 5.69 Å². The van der Waals surface area contributed by atoms with Crippen molar-refractivity contribution in [3.05, 3.63) is 28.5 Å². The monoisotopic (exact) mass is 345 g/mol. The van der Waals surface area contributed by atoms with Crippen LogP contribution in [0.2, 0.25) is 0 Å². The normalized spacial score (nSPS) is 13.4. The minimum atomic E-state index is -0.805. The third-order valence-electron chi connectivity index (χ3n) is 2.98. The van der Waals surface area contributed by atoms with Gasteiger partial charge in [-0.3, -0.25) is 4.79 Å². The molecule has 5 nitrogen and oxygen atoms in total. The molecule has 0 aliphatic heterocycles. The molecule has 0 unspecified atom stereocenters. The first-order valence-corrected chi connectivity index (χ1v) is 6.96. The lowest BCUT2D eigenvalue weighted by atomic mass is 9.98. The fourth-order valence-corrected chi connectivity index (χ4v) is 1.99. The van der Waals surface area contributed by atoms with Crippen LogP contribution in [0.3, 0.4) is 0 Å².